The maximum absolute atomic E-state index is 13.2. The Morgan fingerprint density at radius 2 is 2.00 bits per heavy atom. The molecule has 0 aliphatic rings. The lowest BCUT2D eigenvalue weighted by molar-refractivity contribution is 0.600. The van der Waals surface area contributed by atoms with E-state index in [4.69, 9.17) is 11.6 Å². The third-order valence-electron chi connectivity index (χ3n) is 2.77. The fraction of sp³-hybridized carbons (Fsp3) is 0.154. The van der Waals surface area contributed by atoms with E-state index in [1.165, 1.54) is 30.5 Å². The van der Waals surface area contributed by atoms with Gasteiger partial charge < -0.3 is 5.32 Å². The number of anilines is 2. The number of aryl methyl sites for hydroxylation is 1. The van der Waals surface area contributed by atoms with Gasteiger partial charge >= 0.3 is 0 Å². The number of hydrogen-bond acceptors (Lipinski definition) is 4. The van der Waals surface area contributed by atoms with E-state index in [1.807, 2.05) is 0 Å². The molecule has 1 aromatic heterocycles. The van der Waals surface area contributed by atoms with Crippen molar-refractivity contribution in [3.63, 3.8) is 0 Å². The zero-order valence-electron chi connectivity index (χ0n) is 11.3. The molecule has 2 N–H and O–H groups in total. The van der Waals surface area contributed by atoms with Gasteiger partial charge in [0.05, 0.1) is 5.02 Å². The molecule has 5 nitrogen and oxygen atoms in total. The molecule has 0 aliphatic carbocycles. The molecular weight excluding hydrogens is 317 g/mol. The number of aromatic nitrogens is 1. The Labute approximate surface area is 127 Å². The molecule has 0 saturated carbocycles. The molecular formula is C13H13ClFN3O2S. The van der Waals surface area contributed by atoms with Crippen LogP contribution in [0.3, 0.4) is 0 Å². The average molecular weight is 330 g/mol. The van der Waals surface area contributed by atoms with Gasteiger partial charge in [0.25, 0.3) is 10.0 Å². The largest absolute Gasteiger partial charge is 0.372 e. The van der Waals surface area contributed by atoms with Crippen LogP contribution in [0, 0.1) is 12.7 Å². The molecule has 0 aliphatic heterocycles. The number of pyridine rings is 1. The zero-order valence-corrected chi connectivity index (χ0v) is 12.9. The smallest absolute Gasteiger partial charge is 0.263 e. The molecule has 0 fully saturated rings. The maximum Gasteiger partial charge on any atom is 0.263 e. The number of sulfonamides is 1. The zero-order chi connectivity index (χ0) is 15.6. The first-order chi connectivity index (χ1) is 9.83. The predicted molar refractivity (Wildman–Crippen MR) is 80.7 cm³/mol. The van der Waals surface area contributed by atoms with Gasteiger partial charge in [-0.1, -0.05) is 11.6 Å². The summed E-state index contributed by atoms with van der Waals surface area (Å²) in [6, 6.07) is 5.24. The van der Waals surface area contributed by atoms with Crippen LogP contribution in [-0.2, 0) is 10.0 Å². The first-order valence-corrected chi connectivity index (χ1v) is 7.82. The molecule has 0 radical (unpaired) electrons. The van der Waals surface area contributed by atoms with Crippen LogP contribution >= 0.6 is 11.6 Å². The number of nitrogens with one attached hydrogen (secondary N) is 2. The summed E-state index contributed by atoms with van der Waals surface area (Å²) in [5, 5.41) is 2.93. The highest BCUT2D eigenvalue weighted by Crippen LogP contribution is 2.24. The molecule has 112 valence electrons. The third kappa shape index (κ3) is 3.43. The molecule has 0 saturated heterocycles. The highest BCUT2D eigenvalue weighted by atomic mass is 35.5. The Hall–Kier alpha value is -1.86. The Morgan fingerprint density at radius 3 is 2.57 bits per heavy atom. The van der Waals surface area contributed by atoms with Crippen molar-refractivity contribution in [2.24, 2.45) is 0 Å². The molecule has 0 unspecified atom stereocenters. The second-order valence-electron chi connectivity index (χ2n) is 4.32. The molecule has 0 spiro atoms. The van der Waals surface area contributed by atoms with Crippen LogP contribution in [0.1, 0.15) is 5.56 Å². The topological polar surface area (TPSA) is 71.1 Å². The van der Waals surface area contributed by atoms with Crippen LogP contribution in [0.2, 0.25) is 5.02 Å². The van der Waals surface area contributed by atoms with Gasteiger partial charge in [0.1, 0.15) is 16.5 Å². The van der Waals surface area contributed by atoms with Gasteiger partial charge in [0.15, 0.2) is 0 Å². The van der Waals surface area contributed by atoms with E-state index in [-0.39, 0.29) is 15.6 Å². The van der Waals surface area contributed by atoms with E-state index < -0.39 is 15.8 Å². The molecule has 2 aromatic rings. The van der Waals surface area contributed by atoms with Crippen LogP contribution in [0.4, 0.5) is 15.9 Å². The SMILES string of the molecule is CNc1ncc(S(=O)(=O)Nc2ccc(F)c(C)c2)cc1Cl. The number of halogens is 2. The number of hydrogen-bond donors (Lipinski definition) is 2. The molecule has 2 rings (SSSR count). The fourth-order valence-corrected chi connectivity index (χ4v) is 3.02. The van der Waals surface area contributed by atoms with Crippen LogP contribution in [0.15, 0.2) is 35.4 Å². The lowest BCUT2D eigenvalue weighted by atomic mass is 10.2. The van der Waals surface area contributed by atoms with E-state index in [9.17, 15) is 12.8 Å². The van der Waals surface area contributed by atoms with E-state index in [2.05, 4.69) is 15.0 Å². The van der Waals surface area contributed by atoms with Crippen molar-refractivity contribution in [1.82, 2.24) is 4.98 Å². The van der Waals surface area contributed by atoms with Crippen LogP contribution in [0.5, 0.6) is 0 Å². The Bertz CT molecular complexity index is 781. The first kappa shape index (κ1) is 15.5. The highest BCUT2D eigenvalue weighted by molar-refractivity contribution is 7.92. The second kappa shape index (κ2) is 5.87. The lowest BCUT2D eigenvalue weighted by Gasteiger charge is -2.10. The summed E-state index contributed by atoms with van der Waals surface area (Å²) in [7, 11) is -2.21. The second-order valence-corrected chi connectivity index (χ2v) is 6.41. The van der Waals surface area contributed by atoms with Crippen molar-refractivity contribution in [3.8, 4) is 0 Å². The van der Waals surface area contributed by atoms with Crippen LogP contribution in [-0.4, -0.2) is 20.4 Å². The summed E-state index contributed by atoms with van der Waals surface area (Å²) in [6.45, 7) is 1.55. The number of benzene rings is 1. The molecule has 21 heavy (non-hydrogen) atoms. The van der Waals surface area contributed by atoms with E-state index >= 15 is 0 Å². The molecule has 1 heterocycles. The third-order valence-corrected chi connectivity index (χ3v) is 4.41. The van der Waals surface area contributed by atoms with Gasteiger partial charge in [-0.15, -0.1) is 0 Å². The standard InChI is InChI=1S/C13H13ClFN3O2S/c1-8-5-9(3-4-12(8)15)18-21(19,20)10-6-11(14)13(16-2)17-7-10/h3-7,18H,1-2H3,(H,16,17). The molecule has 1 aromatic carbocycles. The van der Waals surface area contributed by atoms with Crippen LogP contribution < -0.4 is 10.0 Å². The summed E-state index contributed by atoms with van der Waals surface area (Å²) >= 11 is 5.92. The average Bonchev–Trinajstić information content (AvgIpc) is 2.42. The maximum atomic E-state index is 13.2. The predicted octanol–water partition coefficient (Wildman–Crippen LogP) is 3.03. The van der Waals surface area contributed by atoms with E-state index in [0.717, 1.165) is 0 Å². The van der Waals surface area contributed by atoms with Crippen molar-refractivity contribution < 1.29 is 12.8 Å². The van der Waals surface area contributed by atoms with E-state index in [0.29, 0.717) is 11.4 Å². The van der Waals surface area contributed by atoms with Gasteiger partial charge in [0.2, 0.25) is 0 Å². The van der Waals surface area contributed by atoms with Crippen molar-refractivity contribution >= 4 is 33.1 Å². The summed E-state index contributed by atoms with van der Waals surface area (Å²) in [5.41, 5.74) is 0.611. The van der Waals surface area contributed by atoms with Gasteiger partial charge in [-0.2, -0.15) is 0 Å². The first-order valence-electron chi connectivity index (χ1n) is 5.96. The van der Waals surface area contributed by atoms with Gasteiger partial charge in [-0.05, 0) is 36.8 Å². The van der Waals surface area contributed by atoms with Crippen molar-refractivity contribution in [2.45, 2.75) is 11.8 Å². The van der Waals surface area contributed by atoms with E-state index in [1.54, 1.807) is 14.0 Å². The fourth-order valence-electron chi connectivity index (χ4n) is 1.67. The van der Waals surface area contributed by atoms with Crippen molar-refractivity contribution in [3.05, 3.63) is 46.9 Å². The summed E-state index contributed by atoms with van der Waals surface area (Å²) in [6.07, 6.45) is 1.19. The lowest BCUT2D eigenvalue weighted by Crippen LogP contribution is -2.13. The van der Waals surface area contributed by atoms with Gasteiger partial charge in [-0.25, -0.2) is 17.8 Å². The van der Waals surface area contributed by atoms with Crippen molar-refractivity contribution in [2.75, 3.05) is 17.1 Å². The van der Waals surface area contributed by atoms with Crippen molar-refractivity contribution in [1.29, 1.82) is 0 Å². The minimum absolute atomic E-state index is 0.0755. The van der Waals surface area contributed by atoms with Gasteiger partial charge in [-0.3, -0.25) is 4.72 Å². The van der Waals surface area contributed by atoms with Crippen LogP contribution in [0.25, 0.3) is 0 Å². The Balaban J connectivity index is 2.33. The molecule has 8 heteroatoms. The summed E-state index contributed by atoms with van der Waals surface area (Å²) in [4.78, 5) is 3.84. The van der Waals surface area contributed by atoms with Gasteiger partial charge in [0, 0.05) is 18.9 Å². The normalized spacial score (nSPS) is 11.2. The minimum atomic E-state index is -3.84. The monoisotopic (exact) mass is 329 g/mol. The highest BCUT2D eigenvalue weighted by Gasteiger charge is 2.17. The molecule has 0 atom stereocenters. The molecule has 0 bridgehead atoms. The Kier molecular flexibility index (Phi) is 4.34. The summed E-state index contributed by atoms with van der Waals surface area (Å²) < 4.78 is 40.0. The number of nitrogens with zero attached hydrogens (tertiary/aromatic N) is 1. The summed E-state index contributed by atoms with van der Waals surface area (Å²) in [5.74, 6) is -0.0192. The quantitative estimate of drug-likeness (QED) is 0.904. The number of rotatable bonds is 4. The molecule has 0 amide bonds. The minimum Gasteiger partial charge on any atom is -0.372 e. The Morgan fingerprint density at radius 1 is 1.29 bits per heavy atom.